The van der Waals surface area contributed by atoms with Gasteiger partial charge in [-0.3, -0.25) is 9.59 Å². The summed E-state index contributed by atoms with van der Waals surface area (Å²) in [6.07, 6.45) is 0. The topological polar surface area (TPSA) is 102 Å². The molecule has 2 aromatic carbocycles. The van der Waals surface area contributed by atoms with Crippen molar-refractivity contribution in [3.05, 3.63) is 65.7 Å². The summed E-state index contributed by atoms with van der Waals surface area (Å²) in [7, 11) is 1.54. The highest BCUT2D eigenvalue weighted by Crippen LogP contribution is 2.30. The number of imide groups is 1. The molecule has 2 aromatic rings. The number of urea groups is 1. The van der Waals surface area contributed by atoms with Gasteiger partial charge in [0, 0.05) is 5.92 Å². The highest BCUT2D eigenvalue weighted by Gasteiger charge is 2.46. The number of methoxy groups -OCH3 is 1. The third kappa shape index (κ3) is 3.48. The number of rotatable bonds is 6. The number of nitrogens with zero attached hydrogens (tertiary/aromatic N) is 1. The Morgan fingerprint density at radius 2 is 1.74 bits per heavy atom. The minimum absolute atomic E-state index is 0.437. The predicted molar refractivity (Wildman–Crippen MR) is 99.0 cm³/mol. The Morgan fingerprint density at radius 1 is 1.11 bits per heavy atom. The van der Waals surface area contributed by atoms with Gasteiger partial charge in [0.2, 0.25) is 5.91 Å². The summed E-state index contributed by atoms with van der Waals surface area (Å²) in [6.45, 7) is 1.77. The Kier molecular flexibility index (Phi) is 5.12. The summed E-state index contributed by atoms with van der Waals surface area (Å²) in [6, 6.07) is 13.4. The van der Waals surface area contributed by atoms with Gasteiger partial charge in [0.05, 0.1) is 7.11 Å². The van der Waals surface area contributed by atoms with Gasteiger partial charge in [-0.15, -0.1) is 0 Å². The van der Waals surface area contributed by atoms with E-state index >= 15 is 0 Å². The van der Waals surface area contributed by atoms with Crippen molar-refractivity contribution in [1.82, 2.24) is 10.2 Å². The molecular weight excluding hydrogens is 346 g/mol. The van der Waals surface area contributed by atoms with E-state index < -0.39 is 35.8 Å². The summed E-state index contributed by atoms with van der Waals surface area (Å²) in [4.78, 5) is 38.6. The van der Waals surface area contributed by atoms with Gasteiger partial charge in [0.1, 0.15) is 17.8 Å². The van der Waals surface area contributed by atoms with Crippen molar-refractivity contribution < 1.29 is 19.1 Å². The van der Waals surface area contributed by atoms with Gasteiger partial charge in [-0.05, 0) is 23.3 Å². The van der Waals surface area contributed by atoms with E-state index in [0.29, 0.717) is 11.3 Å². The zero-order valence-corrected chi connectivity index (χ0v) is 15.1. The molecule has 7 heteroatoms. The molecule has 3 atom stereocenters. The van der Waals surface area contributed by atoms with E-state index in [0.717, 1.165) is 10.5 Å². The van der Waals surface area contributed by atoms with Crippen molar-refractivity contribution in [3.63, 3.8) is 0 Å². The van der Waals surface area contributed by atoms with E-state index in [1.54, 1.807) is 38.3 Å². The molecule has 0 saturated carbocycles. The number of nitrogens with one attached hydrogen (secondary N) is 1. The van der Waals surface area contributed by atoms with Crippen molar-refractivity contribution >= 4 is 17.8 Å². The lowest BCUT2D eigenvalue weighted by Gasteiger charge is -2.28. The smallest absolute Gasteiger partial charge is 0.325 e. The van der Waals surface area contributed by atoms with Gasteiger partial charge in [-0.1, -0.05) is 49.4 Å². The van der Waals surface area contributed by atoms with Crippen LogP contribution in [0.5, 0.6) is 5.75 Å². The molecule has 1 heterocycles. The molecule has 140 valence electrons. The predicted octanol–water partition coefficient (Wildman–Crippen LogP) is 1.95. The monoisotopic (exact) mass is 367 g/mol. The van der Waals surface area contributed by atoms with Crippen LogP contribution < -0.4 is 15.8 Å². The second-order valence-corrected chi connectivity index (χ2v) is 6.41. The van der Waals surface area contributed by atoms with Gasteiger partial charge < -0.3 is 15.8 Å². The van der Waals surface area contributed by atoms with E-state index in [4.69, 9.17) is 10.5 Å². The van der Waals surface area contributed by atoms with Gasteiger partial charge >= 0.3 is 6.03 Å². The number of carbonyl (C=O) groups is 3. The number of benzene rings is 2. The fourth-order valence-corrected chi connectivity index (χ4v) is 3.32. The van der Waals surface area contributed by atoms with Crippen LogP contribution >= 0.6 is 0 Å². The molecule has 0 bridgehead atoms. The summed E-state index contributed by atoms with van der Waals surface area (Å²) in [5, 5.41) is 2.64. The van der Waals surface area contributed by atoms with Gasteiger partial charge in [0.25, 0.3) is 5.91 Å². The normalized spacial score (nSPS) is 18.7. The second kappa shape index (κ2) is 7.49. The minimum atomic E-state index is -1.08. The number of carbonyl (C=O) groups excluding carboxylic acids is 3. The van der Waals surface area contributed by atoms with Crippen LogP contribution in [0.25, 0.3) is 0 Å². The maximum absolute atomic E-state index is 13.0. The molecule has 0 aliphatic carbocycles. The number of hydrogen-bond donors (Lipinski definition) is 2. The first-order chi connectivity index (χ1) is 12.9. The quantitative estimate of drug-likeness (QED) is 0.762. The van der Waals surface area contributed by atoms with E-state index in [9.17, 15) is 14.4 Å². The summed E-state index contributed by atoms with van der Waals surface area (Å²) >= 11 is 0. The number of primary amides is 1. The Hall–Kier alpha value is -3.35. The SMILES string of the molecule is COc1ccc([C@H]2NC(=O)N(C(C(N)=O)C(C)c3ccccc3)C2=O)cc1. The molecule has 7 nitrogen and oxygen atoms in total. The molecule has 0 spiro atoms. The molecule has 1 fully saturated rings. The lowest BCUT2D eigenvalue weighted by atomic mass is 9.91. The summed E-state index contributed by atoms with van der Waals surface area (Å²) < 4.78 is 5.11. The van der Waals surface area contributed by atoms with Crippen molar-refractivity contribution in [3.8, 4) is 5.75 Å². The zero-order valence-electron chi connectivity index (χ0n) is 15.1. The van der Waals surface area contributed by atoms with Crippen molar-refractivity contribution in [2.75, 3.05) is 7.11 Å². The average molecular weight is 367 g/mol. The molecule has 4 amide bonds. The molecule has 27 heavy (non-hydrogen) atoms. The Balaban J connectivity index is 1.90. The number of nitrogens with two attached hydrogens (primary N) is 1. The van der Waals surface area contributed by atoms with E-state index in [2.05, 4.69) is 5.32 Å². The Bertz CT molecular complexity index is 851. The average Bonchev–Trinajstić information content (AvgIpc) is 2.97. The summed E-state index contributed by atoms with van der Waals surface area (Å²) in [5.41, 5.74) is 6.99. The van der Waals surface area contributed by atoms with E-state index in [1.807, 2.05) is 30.3 Å². The Labute approximate surface area is 157 Å². The maximum Gasteiger partial charge on any atom is 0.325 e. The lowest BCUT2D eigenvalue weighted by molar-refractivity contribution is -0.135. The summed E-state index contributed by atoms with van der Waals surface area (Å²) in [5.74, 6) is -1.03. The zero-order chi connectivity index (χ0) is 19.6. The molecule has 3 N–H and O–H groups in total. The molecule has 1 aliphatic heterocycles. The van der Waals surface area contributed by atoms with Crippen LogP contribution in [-0.2, 0) is 9.59 Å². The lowest BCUT2D eigenvalue weighted by Crippen LogP contribution is -2.51. The third-order valence-electron chi connectivity index (χ3n) is 4.79. The molecule has 2 unspecified atom stereocenters. The first-order valence-corrected chi connectivity index (χ1v) is 8.55. The molecule has 0 radical (unpaired) electrons. The third-order valence-corrected chi connectivity index (χ3v) is 4.79. The molecular formula is C20H21N3O4. The van der Waals surface area contributed by atoms with Crippen LogP contribution in [0, 0.1) is 0 Å². The fourth-order valence-electron chi connectivity index (χ4n) is 3.32. The number of amides is 4. The van der Waals surface area contributed by atoms with Crippen molar-refractivity contribution in [2.45, 2.75) is 24.9 Å². The first-order valence-electron chi connectivity index (χ1n) is 8.55. The van der Waals surface area contributed by atoms with Crippen molar-refractivity contribution in [2.24, 2.45) is 5.73 Å². The van der Waals surface area contributed by atoms with Crippen LogP contribution in [0.3, 0.4) is 0 Å². The highest BCUT2D eigenvalue weighted by molar-refractivity contribution is 6.08. The minimum Gasteiger partial charge on any atom is -0.497 e. The van der Waals surface area contributed by atoms with Crippen molar-refractivity contribution in [1.29, 1.82) is 0 Å². The van der Waals surface area contributed by atoms with Crippen LogP contribution in [0.4, 0.5) is 4.79 Å². The van der Waals surface area contributed by atoms with Gasteiger partial charge in [-0.2, -0.15) is 0 Å². The fraction of sp³-hybridized carbons (Fsp3) is 0.250. The van der Waals surface area contributed by atoms with E-state index in [-0.39, 0.29) is 0 Å². The maximum atomic E-state index is 13.0. The molecule has 0 aromatic heterocycles. The Morgan fingerprint density at radius 3 is 2.30 bits per heavy atom. The first kappa shape index (κ1) is 18.4. The highest BCUT2D eigenvalue weighted by atomic mass is 16.5. The van der Waals surface area contributed by atoms with Crippen LogP contribution in [0.1, 0.15) is 30.0 Å². The van der Waals surface area contributed by atoms with Crippen LogP contribution in [0.15, 0.2) is 54.6 Å². The molecule has 1 saturated heterocycles. The van der Waals surface area contributed by atoms with Crippen LogP contribution in [0.2, 0.25) is 0 Å². The van der Waals surface area contributed by atoms with E-state index in [1.165, 1.54) is 0 Å². The second-order valence-electron chi connectivity index (χ2n) is 6.41. The van der Waals surface area contributed by atoms with Gasteiger partial charge in [0.15, 0.2) is 0 Å². The molecule has 1 aliphatic rings. The van der Waals surface area contributed by atoms with Gasteiger partial charge in [-0.25, -0.2) is 9.69 Å². The number of hydrogen-bond acceptors (Lipinski definition) is 4. The van der Waals surface area contributed by atoms with Crippen LogP contribution in [-0.4, -0.2) is 35.9 Å². The standard InChI is InChI=1S/C20H21N3O4/c1-12(13-6-4-3-5-7-13)17(18(21)24)23-19(25)16(22-20(23)26)14-8-10-15(27-2)11-9-14/h3-12,16-17H,1-2H3,(H2,21,24)(H,22,26)/t12?,16-,17?/m1/s1. The molecule has 3 rings (SSSR count). The largest absolute Gasteiger partial charge is 0.497 e. The number of ether oxygens (including phenoxy) is 1.